The van der Waals surface area contributed by atoms with Crippen LogP contribution in [0.1, 0.15) is 361 Å². The second-order valence-electron chi connectivity index (χ2n) is 23.4. The number of carbonyl (C=O) groups is 3. The number of carbonyl (C=O) groups excluding carboxylic acids is 3. The van der Waals surface area contributed by atoms with E-state index in [-0.39, 0.29) is 31.1 Å². The molecule has 1 unspecified atom stereocenters. The Morgan fingerprint density at radius 2 is 0.487 bits per heavy atom. The highest BCUT2D eigenvalue weighted by molar-refractivity contribution is 5.71. The van der Waals surface area contributed by atoms with Gasteiger partial charge in [-0.05, 0) is 109 Å². The molecule has 1 atom stereocenters. The van der Waals surface area contributed by atoms with Crippen molar-refractivity contribution in [1.82, 2.24) is 0 Å². The van der Waals surface area contributed by atoms with Crippen LogP contribution in [0.25, 0.3) is 0 Å². The van der Waals surface area contributed by atoms with E-state index >= 15 is 0 Å². The number of unbranched alkanes of at least 4 members (excludes halogenated alkanes) is 41. The van der Waals surface area contributed by atoms with Gasteiger partial charge in [-0.15, -0.1) is 0 Å². The molecule has 0 aromatic rings. The molecule has 0 rings (SSSR count). The Bertz CT molecular complexity index is 1470. The lowest BCUT2D eigenvalue weighted by Gasteiger charge is -2.18. The van der Waals surface area contributed by atoms with Gasteiger partial charge in [-0.2, -0.15) is 0 Å². The Morgan fingerprint density at radius 3 is 0.800 bits per heavy atom. The molecule has 0 aliphatic carbocycles. The van der Waals surface area contributed by atoms with Crippen molar-refractivity contribution in [3.05, 3.63) is 72.9 Å². The molecule has 0 amide bonds. The summed E-state index contributed by atoms with van der Waals surface area (Å²) in [6, 6.07) is 0. The lowest BCUT2D eigenvalue weighted by molar-refractivity contribution is -0.167. The average Bonchev–Trinajstić information content (AvgIpc) is 3.46. The van der Waals surface area contributed by atoms with E-state index in [1.165, 1.54) is 225 Å². The first kappa shape index (κ1) is 76.9. The van der Waals surface area contributed by atoms with Gasteiger partial charge in [0.2, 0.25) is 0 Å². The van der Waals surface area contributed by atoms with E-state index in [1.807, 2.05) is 0 Å². The van der Waals surface area contributed by atoms with Crippen LogP contribution in [-0.2, 0) is 28.6 Å². The molecule has 0 aromatic carbocycles. The SMILES string of the molecule is CC/C=C\C/C=C\C/C=C\CCCCCC(=O)OCC(COC(=O)CCCCCCCCCCCCCCCCCCCCC/C=C\CCCCCCCCCC)OC(=O)CCCCCCCCC/C=C\C/C=C\CCCCCC. The summed E-state index contributed by atoms with van der Waals surface area (Å²) in [6.07, 6.45) is 89.5. The highest BCUT2D eigenvalue weighted by Crippen LogP contribution is 2.18. The molecule has 0 radical (unpaired) electrons. The number of allylic oxidation sites excluding steroid dienone is 12. The third-order valence-electron chi connectivity index (χ3n) is 15.4. The summed E-state index contributed by atoms with van der Waals surface area (Å²) >= 11 is 0. The highest BCUT2D eigenvalue weighted by Gasteiger charge is 2.19. The summed E-state index contributed by atoms with van der Waals surface area (Å²) < 4.78 is 16.9. The van der Waals surface area contributed by atoms with Crippen molar-refractivity contribution in [2.45, 2.75) is 367 Å². The minimum absolute atomic E-state index is 0.0854. The molecule has 0 saturated heterocycles. The molecule has 0 fully saturated rings. The van der Waals surface area contributed by atoms with Crippen LogP contribution in [0.5, 0.6) is 0 Å². The molecular weight excluding hydrogens is 985 g/mol. The summed E-state index contributed by atoms with van der Waals surface area (Å²) in [5.74, 6) is -0.907. The van der Waals surface area contributed by atoms with Crippen LogP contribution in [0, 0.1) is 0 Å². The van der Waals surface area contributed by atoms with E-state index in [2.05, 4.69) is 93.7 Å². The Morgan fingerprint density at radius 1 is 0.263 bits per heavy atom. The molecule has 0 aliphatic rings. The fourth-order valence-electron chi connectivity index (χ4n) is 10.2. The zero-order chi connectivity index (χ0) is 57.8. The largest absolute Gasteiger partial charge is 0.462 e. The molecule has 0 aliphatic heterocycles. The van der Waals surface area contributed by atoms with Gasteiger partial charge < -0.3 is 14.2 Å². The first-order valence-corrected chi connectivity index (χ1v) is 34.9. The molecule has 6 heteroatoms. The maximum atomic E-state index is 12.9. The van der Waals surface area contributed by atoms with Crippen molar-refractivity contribution in [3.8, 4) is 0 Å². The van der Waals surface area contributed by atoms with Crippen LogP contribution >= 0.6 is 0 Å². The van der Waals surface area contributed by atoms with Crippen molar-refractivity contribution in [2.24, 2.45) is 0 Å². The summed E-state index contributed by atoms with van der Waals surface area (Å²) in [4.78, 5) is 38.3. The van der Waals surface area contributed by atoms with Crippen LogP contribution in [-0.4, -0.2) is 37.2 Å². The summed E-state index contributed by atoms with van der Waals surface area (Å²) in [6.45, 7) is 6.52. The second kappa shape index (κ2) is 68.3. The lowest BCUT2D eigenvalue weighted by atomic mass is 10.0. The van der Waals surface area contributed by atoms with Gasteiger partial charge in [-0.3, -0.25) is 14.4 Å². The van der Waals surface area contributed by atoms with E-state index in [9.17, 15) is 14.4 Å². The molecule has 0 N–H and O–H groups in total. The van der Waals surface area contributed by atoms with Gasteiger partial charge in [-0.25, -0.2) is 0 Å². The van der Waals surface area contributed by atoms with Crippen molar-refractivity contribution in [1.29, 1.82) is 0 Å². The third-order valence-corrected chi connectivity index (χ3v) is 15.4. The predicted molar refractivity (Wildman–Crippen MR) is 348 cm³/mol. The highest BCUT2D eigenvalue weighted by atomic mass is 16.6. The topological polar surface area (TPSA) is 78.9 Å². The van der Waals surface area contributed by atoms with Gasteiger partial charge >= 0.3 is 17.9 Å². The van der Waals surface area contributed by atoms with E-state index in [1.54, 1.807) is 0 Å². The third kappa shape index (κ3) is 65.7. The van der Waals surface area contributed by atoms with Gasteiger partial charge in [0, 0.05) is 19.3 Å². The number of ether oxygens (including phenoxy) is 3. The van der Waals surface area contributed by atoms with Crippen LogP contribution in [0.4, 0.5) is 0 Å². The molecule has 0 aromatic heterocycles. The van der Waals surface area contributed by atoms with Crippen molar-refractivity contribution in [2.75, 3.05) is 13.2 Å². The van der Waals surface area contributed by atoms with Crippen LogP contribution in [0.15, 0.2) is 72.9 Å². The minimum atomic E-state index is -0.792. The lowest BCUT2D eigenvalue weighted by Crippen LogP contribution is -2.30. The standard InChI is InChI=1S/C74H132O6/c1-4-7-10-13-16-19-22-25-27-29-31-32-33-34-35-36-37-38-39-40-41-42-43-45-46-49-52-55-58-61-64-67-73(76)79-70-71(69-78-72(75)66-63-60-57-54-51-48-24-21-18-15-12-9-6-3)80-74(77)68-65-62-59-56-53-50-47-44-30-28-26-23-20-17-14-11-8-5-2/h9,12,18,20-21,23,28-31,48,51,71H,4-8,10-11,13-17,19,22,24-27,32-47,49-50,52-70H2,1-3H3/b12-9-,21-18-,23-20-,30-28-,31-29-,51-48-. The molecule has 464 valence electrons. The quantitative estimate of drug-likeness (QED) is 0.0261. The Kier molecular flexibility index (Phi) is 65.7. The fraction of sp³-hybridized carbons (Fsp3) is 0.797. The van der Waals surface area contributed by atoms with Gasteiger partial charge in [-0.1, -0.05) is 306 Å². The first-order chi connectivity index (χ1) is 39.5. The van der Waals surface area contributed by atoms with Crippen molar-refractivity contribution in [3.63, 3.8) is 0 Å². The molecule has 0 heterocycles. The maximum Gasteiger partial charge on any atom is 0.306 e. The monoisotopic (exact) mass is 1120 g/mol. The van der Waals surface area contributed by atoms with E-state index in [0.29, 0.717) is 19.3 Å². The van der Waals surface area contributed by atoms with Crippen LogP contribution in [0.3, 0.4) is 0 Å². The molecule has 0 bridgehead atoms. The van der Waals surface area contributed by atoms with Gasteiger partial charge in [0.25, 0.3) is 0 Å². The zero-order valence-electron chi connectivity index (χ0n) is 53.3. The van der Waals surface area contributed by atoms with Gasteiger partial charge in [0.1, 0.15) is 13.2 Å². The number of rotatable bonds is 64. The number of esters is 3. The number of hydrogen-bond acceptors (Lipinski definition) is 6. The molecule has 80 heavy (non-hydrogen) atoms. The normalized spacial score (nSPS) is 12.5. The molecular formula is C74H132O6. The Labute approximate surface area is 497 Å². The molecule has 6 nitrogen and oxygen atoms in total. The van der Waals surface area contributed by atoms with Gasteiger partial charge in [0.15, 0.2) is 6.10 Å². The van der Waals surface area contributed by atoms with Crippen molar-refractivity contribution >= 4 is 17.9 Å². The second-order valence-corrected chi connectivity index (χ2v) is 23.4. The Hall–Kier alpha value is -3.15. The van der Waals surface area contributed by atoms with Gasteiger partial charge in [0.05, 0.1) is 0 Å². The molecule has 0 spiro atoms. The Balaban J connectivity index is 4.19. The van der Waals surface area contributed by atoms with E-state index in [0.717, 1.165) is 96.3 Å². The molecule has 0 saturated carbocycles. The number of hydrogen-bond donors (Lipinski definition) is 0. The smallest absolute Gasteiger partial charge is 0.306 e. The minimum Gasteiger partial charge on any atom is -0.462 e. The summed E-state index contributed by atoms with van der Waals surface area (Å²) in [5, 5.41) is 0. The van der Waals surface area contributed by atoms with E-state index < -0.39 is 6.10 Å². The van der Waals surface area contributed by atoms with Crippen LogP contribution < -0.4 is 0 Å². The summed E-state index contributed by atoms with van der Waals surface area (Å²) in [5.41, 5.74) is 0. The zero-order valence-corrected chi connectivity index (χ0v) is 53.3. The average molecular weight is 1120 g/mol. The maximum absolute atomic E-state index is 12.9. The van der Waals surface area contributed by atoms with E-state index in [4.69, 9.17) is 14.2 Å². The first-order valence-electron chi connectivity index (χ1n) is 34.9. The fourth-order valence-corrected chi connectivity index (χ4v) is 10.2. The predicted octanol–water partition coefficient (Wildman–Crippen LogP) is 24.1. The summed E-state index contributed by atoms with van der Waals surface area (Å²) in [7, 11) is 0. The van der Waals surface area contributed by atoms with Crippen molar-refractivity contribution < 1.29 is 28.6 Å². The van der Waals surface area contributed by atoms with Crippen LogP contribution in [0.2, 0.25) is 0 Å².